The zero-order valence-electron chi connectivity index (χ0n) is 12.5. The van der Waals surface area contributed by atoms with Gasteiger partial charge in [-0.1, -0.05) is 38.5 Å². The van der Waals surface area contributed by atoms with Crippen LogP contribution in [0.5, 0.6) is 0 Å². The van der Waals surface area contributed by atoms with Crippen molar-refractivity contribution < 1.29 is 0 Å². The minimum atomic E-state index is 0.171. The lowest BCUT2D eigenvalue weighted by atomic mass is 9.82. The molecule has 1 N–H and O–H groups in total. The average Bonchev–Trinajstić information content (AvgIpc) is 2.88. The smallest absolute Gasteiger partial charge is 0.157 e. The molecule has 1 unspecified atom stereocenters. The van der Waals surface area contributed by atoms with E-state index in [-0.39, 0.29) is 5.41 Å². The van der Waals surface area contributed by atoms with Crippen LogP contribution in [0.3, 0.4) is 0 Å². The third-order valence-corrected chi connectivity index (χ3v) is 3.58. The average molecular weight is 273 g/mol. The van der Waals surface area contributed by atoms with Crippen molar-refractivity contribution in [1.82, 2.24) is 25.5 Å². The standard InChI is InChI=1S/C15H23N5/c1-4-10-15(2,12-16-3)11-14-17-18-19-20(14)13-8-6-5-7-9-13/h5-9,16H,4,10-12H2,1-3H3. The van der Waals surface area contributed by atoms with E-state index in [0.717, 1.165) is 37.3 Å². The topological polar surface area (TPSA) is 55.6 Å². The van der Waals surface area contributed by atoms with Crippen molar-refractivity contribution >= 4 is 0 Å². The van der Waals surface area contributed by atoms with Crippen molar-refractivity contribution in [2.45, 2.75) is 33.1 Å². The maximum Gasteiger partial charge on any atom is 0.157 e. The molecule has 20 heavy (non-hydrogen) atoms. The third-order valence-electron chi connectivity index (χ3n) is 3.58. The van der Waals surface area contributed by atoms with E-state index in [9.17, 15) is 0 Å². The summed E-state index contributed by atoms with van der Waals surface area (Å²) in [5, 5.41) is 15.5. The summed E-state index contributed by atoms with van der Waals surface area (Å²) in [6.07, 6.45) is 3.17. The molecule has 0 radical (unpaired) electrons. The molecule has 1 aromatic carbocycles. The Morgan fingerprint density at radius 1 is 1.25 bits per heavy atom. The van der Waals surface area contributed by atoms with Gasteiger partial charge in [0.2, 0.25) is 0 Å². The summed E-state index contributed by atoms with van der Waals surface area (Å²) in [6.45, 7) is 5.47. The van der Waals surface area contributed by atoms with Crippen molar-refractivity contribution in [2.24, 2.45) is 5.41 Å². The van der Waals surface area contributed by atoms with Gasteiger partial charge in [-0.2, -0.15) is 4.68 Å². The first-order valence-corrected chi connectivity index (χ1v) is 7.16. The van der Waals surface area contributed by atoms with Gasteiger partial charge in [0.1, 0.15) is 0 Å². The van der Waals surface area contributed by atoms with Crippen LogP contribution in [0.2, 0.25) is 0 Å². The van der Waals surface area contributed by atoms with Crippen LogP contribution in [-0.4, -0.2) is 33.8 Å². The van der Waals surface area contributed by atoms with Crippen LogP contribution in [0.25, 0.3) is 5.69 Å². The van der Waals surface area contributed by atoms with E-state index in [4.69, 9.17) is 0 Å². The maximum absolute atomic E-state index is 4.22. The van der Waals surface area contributed by atoms with E-state index < -0.39 is 0 Å². The zero-order valence-corrected chi connectivity index (χ0v) is 12.5. The fraction of sp³-hybridized carbons (Fsp3) is 0.533. The summed E-state index contributed by atoms with van der Waals surface area (Å²) < 4.78 is 1.84. The molecule has 0 amide bonds. The number of hydrogen-bond donors (Lipinski definition) is 1. The Morgan fingerprint density at radius 2 is 2.00 bits per heavy atom. The van der Waals surface area contributed by atoms with E-state index in [1.54, 1.807) is 0 Å². The lowest BCUT2D eigenvalue weighted by Crippen LogP contribution is -2.32. The number of benzene rings is 1. The maximum atomic E-state index is 4.22. The number of tetrazole rings is 1. The van der Waals surface area contributed by atoms with Gasteiger partial charge in [0.25, 0.3) is 0 Å². The van der Waals surface area contributed by atoms with Crippen LogP contribution in [-0.2, 0) is 6.42 Å². The highest BCUT2D eigenvalue weighted by Crippen LogP contribution is 2.27. The first-order chi connectivity index (χ1) is 9.68. The molecule has 2 aromatic rings. The Kier molecular flexibility index (Phi) is 4.84. The van der Waals surface area contributed by atoms with E-state index in [2.05, 4.69) is 34.7 Å². The van der Waals surface area contributed by atoms with Crippen molar-refractivity contribution in [2.75, 3.05) is 13.6 Å². The second-order valence-electron chi connectivity index (χ2n) is 5.61. The van der Waals surface area contributed by atoms with Gasteiger partial charge in [-0.3, -0.25) is 0 Å². The second-order valence-corrected chi connectivity index (χ2v) is 5.61. The highest BCUT2D eigenvalue weighted by Gasteiger charge is 2.26. The Balaban J connectivity index is 2.24. The molecule has 0 spiro atoms. The number of nitrogens with one attached hydrogen (secondary N) is 1. The fourth-order valence-corrected chi connectivity index (χ4v) is 2.74. The van der Waals surface area contributed by atoms with Gasteiger partial charge in [-0.25, -0.2) is 0 Å². The molecule has 0 saturated heterocycles. The van der Waals surface area contributed by atoms with Crippen LogP contribution in [0, 0.1) is 5.41 Å². The number of aromatic nitrogens is 4. The lowest BCUT2D eigenvalue weighted by Gasteiger charge is -2.28. The molecule has 0 aliphatic carbocycles. The Bertz CT molecular complexity index is 514. The highest BCUT2D eigenvalue weighted by atomic mass is 15.5. The van der Waals surface area contributed by atoms with E-state index in [0.29, 0.717) is 0 Å². The van der Waals surface area contributed by atoms with Crippen LogP contribution < -0.4 is 5.32 Å². The summed E-state index contributed by atoms with van der Waals surface area (Å²) in [7, 11) is 1.99. The molecule has 0 aliphatic rings. The molecule has 5 nitrogen and oxygen atoms in total. The fourth-order valence-electron chi connectivity index (χ4n) is 2.74. The molecule has 0 aliphatic heterocycles. The summed E-state index contributed by atoms with van der Waals surface area (Å²) >= 11 is 0. The summed E-state index contributed by atoms with van der Waals surface area (Å²) in [5.74, 6) is 0.919. The molecule has 0 bridgehead atoms. The van der Waals surface area contributed by atoms with Crippen LogP contribution >= 0.6 is 0 Å². The Hall–Kier alpha value is -1.75. The molecule has 1 atom stereocenters. The molecule has 1 heterocycles. The van der Waals surface area contributed by atoms with Gasteiger partial charge in [0.15, 0.2) is 5.82 Å². The molecule has 1 aromatic heterocycles. The monoisotopic (exact) mass is 273 g/mol. The largest absolute Gasteiger partial charge is 0.319 e. The summed E-state index contributed by atoms with van der Waals surface area (Å²) in [4.78, 5) is 0. The SMILES string of the molecule is CCCC(C)(CNC)Cc1nnnn1-c1ccccc1. The number of hydrogen-bond acceptors (Lipinski definition) is 4. The van der Waals surface area contributed by atoms with Gasteiger partial charge in [-0.15, -0.1) is 5.10 Å². The predicted octanol–water partition coefficient (Wildman–Crippen LogP) is 2.23. The molecule has 108 valence electrons. The lowest BCUT2D eigenvalue weighted by molar-refractivity contribution is 0.275. The van der Waals surface area contributed by atoms with Crippen molar-refractivity contribution in [3.05, 3.63) is 36.2 Å². The van der Waals surface area contributed by atoms with Crippen molar-refractivity contribution in [3.8, 4) is 5.69 Å². The molecule has 0 saturated carbocycles. The van der Waals surface area contributed by atoms with Crippen LogP contribution in [0.4, 0.5) is 0 Å². The third kappa shape index (κ3) is 3.42. The first kappa shape index (κ1) is 14.7. The first-order valence-electron chi connectivity index (χ1n) is 7.16. The van der Waals surface area contributed by atoms with E-state index in [1.807, 2.05) is 42.1 Å². The van der Waals surface area contributed by atoms with Crippen LogP contribution in [0.15, 0.2) is 30.3 Å². The zero-order chi connectivity index (χ0) is 14.4. The van der Waals surface area contributed by atoms with Gasteiger partial charge in [0, 0.05) is 13.0 Å². The Morgan fingerprint density at radius 3 is 2.65 bits per heavy atom. The molecular weight excluding hydrogens is 250 g/mol. The predicted molar refractivity (Wildman–Crippen MR) is 79.8 cm³/mol. The van der Waals surface area contributed by atoms with Gasteiger partial charge in [-0.05, 0) is 41.4 Å². The van der Waals surface area contributed by atoms with Crippen molar-refractivity contribution in [3.63, 3.8) is 0 Å². The van der Waals surface area contributed by atoms with Gasteiger partial charge in [0.05, 0.1) is 5.69 Å². The van der Waals surface area contributed by atoms with E-state index >= 15 is 0 Å². The molecular formula is C15H23N5. The highest BCUT2D eigenvalue weighted by molar-refractivity contribution is 5.30. The minimum absolute atomic E-state index is 0.171. The van der Waals surface area contributed by atoms with Crippen molar-refractivity contribution in [1.29, 1.82) is 0 Å². The number of nitrogens with zero attached hydrogens (tertiary/aromatic N) is 4. The van der Waals surface area contributed by atoms with E-state index in [1.165, 1.54) is 0 Å². The molecule has 5 heteroatoms. The minimum Gasteiger partial charge on any atom is -0.319 e. The normalized spacial score (nSPS) is 14.2. The van der Waals surface area contributed by atoms with Gasteiger partial charge < -0.3 is 5.32 Å². The Labute approximate surface area is 120 Å². The molecule has 0 fully saturated rings. The van der Waals surface area contributed by atoms with Gasteiger partial charge >= 0.3 is 0 Å². The summed E-state index contributed by atoms with van der Waals surface area (Å²) in [6, 6.07) is 10.0. The quantitative estimate of drug-likeness (QED) is 0.840. The molecule has 2 rings (SSSR count). The number of rotatable bonds is 7. The second kappa shape index (κ2) is 6.61. The van der Waals surface area contributed by atoms with Crippen LogP contribution in [0.1, 0.15) is 32.5 Å². The number of para-hydroxylation sites is 1. The summed E-state index contributed by atoms with van der Waals surface area (Å²) in [5.41, 5.74) is 1.18.